The second kappa shape index (κ2) is 8.61. The van der Waals surface area contributed by atoms with E-state index in [2.05, 4.69) is 9.72 Å². The van der Waals surface area contributed by atoms with E-state index in [1.807, 2.05) is 0 Å². The van der Waals surface area contributed by atoms with Crippen LogP contribution in [0.2, 0.25) is 0 Å². The molecule has 2 heterocycles. The molecule has 168 valence electrons. The molecular formula is C19H19F6N5O. The Morgan fingerprint density at radius 3 is 2.32 bits per heavy atom. The summed E-state index contributed by atoms with van der Waals surface area (Å²) in [5.74, 6) is -0.0494. The largest absolute Gasteiger partial charge is 0.573 e. The first-order chi connectivity index (χ1) is 14.4. The molecule has 1 aliphatic heterocycles. The van der Waals surface area contributed by atoms with E-state index >= 15 is 0 Å². The molecule has 31 heavy (non-hydrogen) atoms. The predicted molar refractivity (Wildman–Crippen MR) is 102 cm³/mol. The fourth-order valence-electron chi connectivity index (χ4n) is 3.24. The second-order valence-corrected chi connectivity index (χ2v) is 6.95. The number of anilines is 2. The molecule has 6 nitrogen and oxygen atoms in total. The van der Waals surface area contributed by atoms with Crippen LogP contribution in [0.15, 0.2) is 36.5 Å². The van der Waals surface area contributed by atoms with Gasteiger partial charge in [-0.3, -0.25) is 10.3 Å². The van der Waals surface area contributed by atoms with Gasteiger partial charge < -0.3 is 15.4 Å². The predicted octanol–water partition coefficient (Wildman–Crippen LogP) is 3.66. The minimum Gasteiger partial charge on any atom is -0.406 e. The van der Waals surface area contributed by atoms with Gasteiger partial charge in [-0.2, -0.15) is 13.2 Å². The van der Waals surface area contributed by atoms with E-state index in [4.69, 9.17) is 11.1 Å². The number of aromatic nitrogens is 1. The van der Waals surface area contributed by atoms with E-state index in [0.29, 0.717) is 24.5 Å². The topological polar surface area (TPSA) is 78.5 Å². The minimum atomic E-state index is -4.88. The molecule has 1 aliphatic rings. The van der Waals surface area contributed by atoms with Crippen molar-refractivity contribution in [3.63, 3.8) is 0 Å². The molecule has 3 rings (SSSR count). The quantitative estimate of drug-likeness (QED) is 0.416. The molecule has 0 saturated carbocycles. The molecule has 1 aromatic heterocycles. The summed E-state index contributed by atoms with van der Waals surface area (Å²) < 4.78 is 79.0. The van der Waals surface area contributed by atoms with Gasteiger partial charge in [0.25, 0.3) is 0 Å². The number of piperazine rings is 1. The van der Waals surface area contributed by atoms with Crippen molar-refractivity contribution >= 4 is 17.2 Å². The van der Waals surface area contributed by atoms with E-state index in [1.165, 1.54) is 23.2 Å². The van der Waals surface area contributed by atoms with Crippen molar-refractivity contribution < 1.29 is 31.1 Å². The molecule has 12 heteroatoms. The number of benzene rings is 1. The Balaban J connectivity index is 1.75. The average molecular weight is 447 g/mol. The molecule has 3 N–H and O–H groups in total. The van der Waals surface area contributed by atoms with Crippen LogP contribution >= 0.6 is 0 Å². The van der Waals surface area contributed by atoms with Crippen LogP contribution in [0.1, 0.15) is 11.1 Å². The number of halogens is 6. The van der Waals surface area contributed by atoms with Crippen LogP contribution in [0.5, 0.6) is 5.75 Å². The van der Waals surface area contributed by atoms with Gasteiger partial charge in [0.2, 0.25) is 0 Å². The fourth-order valence-corrected chi connectivity index (χ4v) is 3.24. The lowest BCUT2D eigenvalue weighted by molar-refractivity contribution is -0.274. The third-order valence-corrected chi connectivity index (χ3v) is 4.66. The highest BCUT2D eigenvalue weighted by Crippen LogP contribution is 2.28. The van der Waals surface area contributed by atoms with Crippen LogP contribution in [0.3, 0.4) is 0 Å². The van der Waals surface area contributed by atoms with Crippen molar-refractivity contribution in [2.24, 2.45) is 0 Å². The number of hydrogen-bond acceptors (Lipinski definition) is 6. The van der Waals surface area contributed by atoms with Crippen LogP contribution in [0.25, 0.3) is 0 Å². The lowest BCUT2D eigenvalue weighted by Crippen LogP contribution is -2.49. The van der Waals surface area contributed by atoms with E-state index in [0.717, 1.165) is 12.1 Å². The van der Waals surface area contributed by atoms with Gasteiger partial charge in [0.15, 0.2) is 0 Å². The summed E-state index contributed by atoms with van der Waals surface area (Å²) in [4.78, 5) is 7.30. The maximum absolute atomic E-state index is 12.5. The van der Waals surface area contributed by atoms with Crippen LogP contribution in [-0.2, 0) is 0 Å². The number of nitrogens with zero attached hydrogens (tertiary/aromatic N) is 3. The van der Waals surface area contributed by atoms with Gasteiger partial charge in [0.1, 0.15) is 11.6 Å². The monoisotopic (exact) mass is 447 g/mol. The summed E-state index contributed by atoms with van der Waals surface area (Å²) in [5.41, 5.74) is 6.19. The van der Waals surface area contributed by atoms with E-state index < -0.39 is 24.8 Å². The van der Waals surface area contributed by atoms with E-state index in [1.54, 1.807) is 11.0 Å². The summed E-state index contributed by atoms with van der Waals surface area (Å²) >= 11 is 0. The maximum Gasteiger partial charge on any atom is 0.573 e. The van der Waals surface area contributed by atoms with Crippen molar-refractivity contribution in [3.05, 3.63) is 47.7 Å². The molecule has 1 fully saturated rings. The third-order valence-electron chi connectivity index (χ3n) is 4.66. The zero-order chi connectivity index (χ0) is 22.8. The lowest BCUT2D eigenvalue weighted by atomic mass is 10.0. The second-order valence-electron chi connectivity index (χ2n) is 6.95. The number of pyridine rings is 1. The SMILES string of the molecule is N=C(c1ccnc(N2CCN(CC(F)(F)F)CC2)c1)c1cc(OC(F)(F)F)ccc1N. The molecule has 0 aliphatic carbocycles. The van der Waals surface area contributed by atoms with Gasteiger partial charge in [0, 0.05) is 49.2 Å². The van der Waals surface area contributed by atoms with Gasteiger partial charge >= 0.3 is 12.5 Å². The Bertz CT molecular complexity index is 938. The van der Waals surface area contributed by atoms with Gasteiger partial charge in [-0.1, -0.05) is 0 Å². The maximum atomic E-state index is 12.5. The van der Waals surface area contributed by atoms with Crippen LogP contribution in [0, 0.1) is 5.41 Å². The Morgan fingerprint density at radius 2 is 1.71 bits per heavy atom. The lowest BCUT2D eigenvalue weighted by Gasteiger charge is -2.35. The van der Waals surface area contributed by atoms with Crippen LogP contribution in [-0.4, -0.2) is 60.9 Å². The van der Waals surface area contributed by atoms with Crippen molar-refractivity contribution in [2.45, 2.75) is 12.5 Å². The van der Waals surface area contributed by atoms with Crippen molar-refractivity contribution in [3.8, 4) is 5.75 Å². The first kappa shape index (κ1) is 22.7. The fraction of sp³-hybridized carbons (Fsp3) is 0.368. The summed E-state index contributed by atoms with van der Waals surface area (Å²) in [6.07, 6.45) is -7.72. The number of rotatable bonds is 5. The van der Waals surface area contributed by atoms with E-state index in [-0.39, 0.29) is 30.1 Å². The Morgan fingerprint density at radius 1 is 1.03 bits per heavy atom. The molecule has 0 atom stereocenters. The molecule has 0 amide bonds. The first-order valence-electron chi connectivity index (χ1n) is 9.16. The van der Waals surface area contributed by atoms with Crippen molar-refractivity contribution in [2.75, 3.05) is 43.4 Å². The smallest absolute Gasteiger partial charge is 0.406 e. The number of ether oxygens (including phenoxy) is 1. The Kier molecular flexibility index (Phi) is 6.30. The highest BCUT2D eigenvalue weighted by atomic mass is 19.4. The highest BCUT2D eigenvalue weighted by Gasteiger charge is 2.33. The number of nitrogen functional groups attached to an aromatic ring is 1. The van der Waals surface area contributed by atoms with Crippen LogP contribution in [0.4, 0.5) is 37.8 Å². The highest BCUT2D eigenvalue weighted by molar-refractivity contribution is 6.14. The molecular weight excluding hydrogens is 428 g/mol. The molecule has 0 bridgehead atoms. The molecule has 0 spiro atoms. The molecule has 2 aromatic rings. The third kappa shape index (κ3) is 6.23. The summed E-state index contributed by atoms with van der Waals surface area (Å²) in [7, 11) is 0. The Hall–Kier alpha value is -3.02. The number of alkyl halides is 6. The van der Waals surface area contributed by atoms with Crippen molar-refractivity contribution in [1.29, 1.82) is 5.41 Å². The van der Waals surface area contributed by atoms with E-state index in [9.17, 15) is 26.3 Å². The summed E-state index contributed by atoms with van der Waals surface area (Å²) in [6.45, 7) is 0.0572. The summed E-state index contributed by atoms with van der Waals surface area (Å²) in [5, 5.41) is 8.38. The standard InChI is InChI=1S/C19H19F6N5O/c20-18(21,22)11-29-5-7-30(8-6-29)16-9-12(3-4-28-16)17(27)14-10-13(1-2-15(14)26)31-19(23,24)25/h1-4,9-10,27H,5-8,11,26H2. The zero-order valence-corrected chi connectivity index (χ0v) is 16.1. The molecule has 1 aromatic carbocycles. The molecule has 1 saturated heterocycles. The number of hydrogen-bond donors (Lipinski definition) is 2. The minimum absolute atomic E-state index is 0.0499. The summed E-state index contributed by atoms with van der Waals surface area (Å²) in [6, 6.07) is 6.35. The van der Waals surface area contributed by atoms with Crippen molar-refractivity contribution in [1.82, 2.24) is 9.88 Å². The zero-order valence-electron chi connectivity index (χ0n) is 16.1. The molecule has 0 unspecified atom stereocenters. The van der Waals surface area contributed by atoms with Crippen LogP contribution < -0.4 is 15.4 Å². The van der Waals surface area contributed by atoms with Gasteiger partial charge in [-0.15, -0.1) is 13.2 Å². The normalized spacial score (nSPS) is 15.7. The first-order valence-corrected chi connectivity index (χ1v) is 9.16. The van der Waals surface area contributed by atoms with Gasteiger partial charge in [-0.05, 0) is 30.3 Å². The Labute approximate surface area is 173 Å². The van der Waals surface area contributed by atoms with Gasteiger partial charge in [0.05, 0.1) is 12.3 Å². The number of nitrogens with two attached hydrogens (primary N) is 1. The average Bonchev–Trinajstić information content (AvgIpc) is 2.67. The van der Waals surface area contributed by atoms with Gasteiger partial charge in [-0.25, -0.2) is 4.98 Å². The number of nitrogens with one attached hydrogen (secondary N) is 1. The molecule has 0 radical (unpaired) electrons.